The van der Waals surface area contributed by atoms with E-state index in [0.717, 1.165) is 17.0 Å². The average Bonchev–Trinajstić information content (AvgIpc) is 3.25. The first-order chi connectivity index (χ1) is 12.4. The summed E-state index contributed by atoms with van der Waals surface area (Å²) >= 11 is 6.75. The number of hydrogen-bond acceptors (Lipinski definition) is 4. The maximum absolute atomic E-state index is 13.4. The summed E-state index contributed by atoms with van der Waals surface area (Å²) in [4.78, 5) is 13.5. The van der Waals surface area contributed by atoms with Crippen molar-refractivity contribution in [3.63, 3.8) is 0 Å². The lowest BCUT2D eigenvalue weighted by molar-refractivity contribution is -0.124. The van der Waals surface area contributed by atoms with Gasteiger partial charge >= 0.3 is 0 Å². The number of thiophene rings is 1. The van der Waals surface area contributed by atoms with Gasteiger partial charge in [0.15, 0.2) is 22.2 Å². The Morgan fingerprint density at radius 2 is 2.08 bits per heavy atom. The minimum Gasteiger partial charge on any atom is -0.348 e. The van der Waals surface area contributed by atoms with Crippen LogP contribution in [-0.4, -0.2) is 20.7 Å². The number of nitrogens with zero attached hydrogens (tertiary/aromatic N) is 2. The zero-order valence-corrected chi connectivity index (χ0v) is 15.6. The molecule has 1 amide bonds. The van der Waals surface area contributed by atoms with E-state index in [1.807, 2.05) is 17.5 Å². The second-order valence-electron chi connectivity index (χ2n) is 5.78. The molecule has 3 rings (SSSR count). The molecule has 0 saturated heterocycles. The van der Waals surface area contributed by atoms with Crippen LogP contribution in [0.2, 0.25) is 0 Å². The van der Waals surface area contributed by atoms with Crippen molar-refractivity contribution in [3.05, 3.63) is 57.7 Å². The molecule has 0 aliphatic heterocycles. The average molecular weight is 394 g/mol. The molecule has 0 saturated carbocycles. The van der Waals surface area contributed by atoms with Crippen molar-refractivity contribution >= 4 is 29.5 Å². The van der Waals surface area contributed by atoms with Crippen molar-refractivity contribution in [3.8, 4) is 10.7 Å². The summed E-state index contributed by atoms with van der Waals surface area (Å²) in [7, 11) is 0. The van der Waals surface area contributed by atoms with Gasteiger partial charge in [-0.25, -0.2) is 8.78 Å². The molecule has 26 heavy (non-hydrogen) atoms. The van der Waals surface area contributed by atoms with Crippen molar-refractivity contribution in [2.24, 2.45) is 0 Å². The van der Waals surface area contributed by atoms with Gasteiger partial charge in [-0.2, -0.15) is 5.10 Å². The van der Waals surface area contributed by atoms with Crippen LogP contribution >= 0.6 is 23.6 Å². The summed E-state index contributed by atoms with van der Waals surface area (Å²) < 4.78 is 28.4. The molecule has 0 unspecified atom stereocenters. The topological polar surface area (TPSA) is 62.7 Å². The van der Waals surface area contributed by atoms with Gasteiger partial charge in [0.25, 0.3) is 0 Å². The number of nitrogens with one attached hydrogen (secondary N) is 2. The first-order valence-electron chi connectivity index (χ1n) is 7.84. The molecule has 0 spiro atoms. The first kappa shape index (κ1) is 18.4. The molecular weight excluding hydrogens is 378 g/mol. The van der Waals surface area contributed by atoms with Gasteiger partial charge in [-0.15, -0.1) is 11.3 Å². The summed E-state index contributed by atoms with van der Waals surface area (Å²) in [5, 5.41) is 11.6. The van der Waals surface area contributed by atoms with Crippen LogP contribution in [0.25, 0.3) is 10.7 Å². The summed E-state index contributed by atoms with van der Waals surface area (Å²) in [6.45, 7) is 3.40. The molecule has 136 valence electrons. The minimum absolute atomic E-state index is 0.308. The first-order valence-corrected chi connectivity index (χ1v) is 9.13. The highest BCUT2D eigenvalue weighted by Gasteiger charge is 2.23. The lowest BCUT2D eigenvalue weighted by atomic mass is 10.1. The third-order valence-electron chi connectivity index (χ3n) is 4.02. The fraction of sp³-hybridized carbons (Fsp3) is 0.235. The van der Waals surface area contributed by atoms with Crippen LogP contribution < -0.4 is 5.32 Å². The maximum atomic E-state index is 13.4. The molecule has 2 atom stereocenters. The quantitative estimate of drug-likeness (QED) is 0.631. The number of benzene rings is 1. The highest BCUT2D eigenvalue weighted by atomic mass is 32.1. The Labute approximate surface area is 157 Å². The third-order valence-corrected chi connectivity index (χ3v) is 5.17. The van der Waals surface area contributed by atoms with Crippen molar-refractivity contribution in [1.29, 1.82) is 0 Å². The SMILES string of the molecule is C[C@H](NC(=O)[C@@H](C)n1c(-c2cccs2)n[nH]c1=S)c1ccc(F)c(F)c1. The number of rotatable bonds is 5. The zero-order chi connectivity index (χ0) is 18.8. The van der Waals surface area contributed by atoms with Gasteiger partial charge in [0.2, 0.25) is 5.91 Å². The van der Waals surface area contributed by atoms with Crippen molar-refractivity contribution in [2.45, 2.75) is 25.9 Å². The van der Waals surface area contributed by atoms with Crippen LogP contribution in [0, 0.1) is 16.4 Å². The zero-order valence-electron chi connectivity index (χ0n) is 14.0. The van der Waals surface area contributed by atoms with Gasteiger partial charge in [0.1, 0.15) is 6.04 Å². The fourth-order valence-electron chi connectivity index (χ4n) is 2.56. The number of carbonyl (C=O) groups excluding carboxylic acids is 1. The Kier molecular flexibility index (Phi) is 5.28. The van der Waals surface area contributed by atoms with Crippen LogP contribution in [0.15, 0.2) is 35.7 Å². The number of H-pyrrole nitrogens is 1. The largest absolute Gasteiger partial charge is 0.348 e. The standard InChI is InChI=1S/C17H16F2N4OS2/c1-9(11-5-6-12(18)13(19)8-11)20-16(24)10(2)23-15(21-22-17(23)25)14-4-3-7-26-14/h3-10H,1-2H3,(H,20,24)(H,22,25)/t9-,10+/m0/s1. The molecule has 0 aliphatic rings. The van der Waals surface area contributed by atoms with E-state index < -0.39 is 23.7 Å². The minimum atomic E-state index is -0.950. The number of amides is 1. The monoisotopic (exact) mass is 394 g/mol. The molecule has 5 nitrogen and oxygen atoms in total. The van der Waals surface area contributed by atoms with Crippen LogP contribution in [0.3, 0.4) is 0 Å². The normalized spacial score (nSPS) is 13.4. The molecule has 1 aromatic carbocycles. The number of carbonyl (C=O) groups is 1. The van der Waals surface area contributed by atoms with E-state index in [2.05, 4.69) is 15.5 Å². The molecule has 3 aromatic rings. The number of halogens is 2. The van der Waals surface area contributed by atoms with E-state index >= 15 is 0 Å². The number of aromatic amines is 1. The fourth-order valence-corrected chi connectivity index (χ4v) is 3.56. The molecule has 9 heteroatoms. The van der Waals surface area contributed by atoms with Gasteiger partial charge < -0.3 is 5.32 Å². The van der Waals surface area contributed by atoms with Gasteiger partial charge in [-0.3, -0.25) is 14.5 Å². The summed E-state index contributed by atoms with van der Waals surface area (Å²) in [5.41, 5.74) is 0.471. The summed E-state index contributed by atoms with van der Waals surface area (Å²) in [6.07, 6.45) is 0. The molecule has 0 bridgehead atoms. The van der Waals surface area contributed by atoms with Crippen LogP contribution in [0.1, 0.15) is 31.5 Å². The molecular formula is C17H16F2N4OS2. The molecule has 0 aliphatic carbocycles. The van der Waals surface area contributed by atoms with E-state index in [4.69, 9.17) is 12.2 Å². The number of aromatic nitrogens is 3. The lowest BCUT2D eigenvalue weighted by Crippen LogP contribution is -2.33. The lowest BCUT2D eigenvalue weighted by Gasteiger charge is -2.19. The highest BCUT2D eigenvalue weighted by Crippen LogP contribution is 2.26. The Hall–Kier alpha value is -2.39. The predicted molar refractivity (Wildman–Crippen MR) is 98.4 cm³/mol. The Bertz CT molecular complexity index is 981. The van der Waals surface area contributed by atoms with E-state index in [1.54, 1.807) is 18.4 Å². The Morgan fingerprint density at radius 3 is 2.73 bits per heavy atom. The maximum Gasteiger partial charge on any atom is 0.243 e. The van der Waals surface area contributed by atoms with Crippen molar-refractivity contribution in [2.75, 3.05) is 0 Å². The van der Waals surface area contributed by atoms with Gasteiger partial charge in [-0.05, 0) is 55.2 Å². The van der Waals surface area contributed by atoms with Crippen molar-refractivity contribution in [1.82, 2.24) is 20.1 Å². The molecule has 0 radical (unpaired) electrons. The molecule has 2 aromatic heterocycles. The predicted octanol–water partition coefficient (Wildman–Crippen LogP) is 4.39. The van der Waals surface area contributed by atoms with E-state index in [1.165, 1.54) is 17.4 Å². The Morgan fingerprint density at radius 1 is 1.31 bits per heavy atom. The highest BCUT2D eigenvalue weighted by molar-refractivity contribution is 7.71. The third kappa shape index (κ3) is 3.58. The Balaban J connectivity index is 1.81. The van der Waals surface area contributed by atoms with Gasteiger partial charge in [-0.1, -0.05) is 12.1 Å². The van der Waals surface area contributed by atoms with Crippen LogP contribution in [-0.2, 0) is 4.79 Å². The van der Waals surface area contributed by atoms with Gasteiger partial charge in [0.05, 0.1) is 10.9 Å². The van der Waals surface area contributed by atoms with E-state index in [0.29, 0.717) is 16.2 Å². The summed E-state index contributed by atoms with van der Waals surface area (Å²) in [5.74, 6) is -1.61. The van der Waals surface area contributed by atoms with Crippen molar-refractivity contribution < 1.29 is 13.6 Å². The molecule has 0 fully saturated rings. The second-order valence-corrected chi connectivity index (χ2v) is 7.11. The molecule has 2 heterocycles. The second kappa shape index (κ2) is 7.46. The van der Waals surface area contributed by atoms with E-state index in [-0.39, 0.29) is 5.91 Å². The van der Waals surface area contributed by atoms with E-state index in [9.17, 15) is 13.6 Å². The summed E-state index contributed by atoms with van der Waals surface area (Å²) in [6, 6.07) is 6.20. The molecule has 2 N–H and O–H groups in total. The number of hydrogen-bond donors (Lipinski definition) is 2. The smallest absolute Gasteiger partial charge is 0.243 e. The van der Waals surface area contributed by atoms with Crippen LogP contribution in [0.5, 0.6) is 0 Å². The van der Waals surface area contributed by atoms with Crippen LogP contribution in [0.4, 0.5) is 8.78 Å². The van der Waals surface area contributed by atoms with Gasteiger partial charge in [0, 0.05) is 0 Å².